The summed E-state index contributed by atoms with van der Waals surface area (Å²) in [6.07, 6.45) is 5.71. The van der Waals surface area contributed by atoms with Gasteiger partial charge in [-0.25, -0.2) is 9.97 Å². The van der Waals surface area contributed by atoms with Crippen molar-refractivity contribution < 1.29 is 4.79 Å². The maximum absolute atomic E-state index is 12.6. The fourth-order valence-electron chi connectivity index (χ4n) is 4.09. The van der Waals surface area contributed by atoms with E-state index in [1.165, 1.54) is 0 Å². The van der Waals surface area contributed by atoms with Crippen LogP contribution in [0, 0.1) is 5.92 Å². The summed E-state index contributed by atoms with van der Waals surface area (Å²) < 4.78 is 1.89. The lowest BCUT2D eigenvalue weighted by Gasteiger charge is -2.42. The van der Waals surface area contributed by atoms with E-state index in [1.54, 1.807) is 24.5 Å². The molecule has 7 nitrogen and oxygen atoms in total. The maximum atomic E-state index is 12.6. The maximum Gasteiger partial charge on any atom is 0.250 e. The molecule has 4 heterocycles. The van der Waals surface area contributed by atoms with Crippen molar-refractivity contribution in [3.8, 4) is 0 Å². The molecule has 2 aliphatic rings. The van der Waals surface area contributed by atoms with Crippen molar-refractivity contribution in [2.45, 2.75) is 31.7 Å². The van der Waals surface area contributed by atoms with E-state index in [2.05, 4.69) is 15.3 Å². The molecule has 0 radical (unpaired) electrons. The van der Waals surface area contributed by atoms with Gasteiger partial charge in [-0.05, 0) is 30.9 Å². The SMILES string of the molecule is O=C(CCCNc1ncccn1)N1C[C@H]2C[C@@H](C1)c1cccc(=O)n1C2. The van der Waals surface area contributed by atoms with Crippen molar-refractivity contribution in [3.05, 3.63) is 52.7 Å². The molecule has 1 fully saturated rings. The minimum atomic E-state index is 0.0752. The van der Waals surface area contributed by atoms with E-state index >= 15 is 0 Å². The minimum absolute atomic E-state index is 0.0752. The lowest BCUT2D eigenvalue weighted by Crippen LogP contribution is -2.49. The number of nitrogens with zero attached hydrogens (tertiary/aromatic N) is 4. The fraction of sp³-hybridized carbons (Fsp3) is 0.474. The Morgan fingerprint density at radius 1 is 1.15 bits per heavy atom. The number of rotatable bonds is 5. The average molecular weight is 353 g/mol. The fourth-order valence-corrected chi connectivity index (χ4v) is 4.09. The lowest BCUT2D eigenvalue weighted by molar-refractivity contribution is -0.134. The summed E-state index contributed by atoms with van der Waals surface area (Å²) in [6, 6.07) is 7.25. The molecule has 0 aliphatic carbocycles. The number of likely N-dealkylation sites (tertiary alicyclic amines) is 1. The van der Waals surface area contributed by atoms with Gasteiger partial charge in [-0.2, -0.15) is 0 Å². The third-order valence-corrected chi connectivity index (χ3v) is 5.25. The van der Waals surface area contributed by atoms with Crippen LogP contribution >= 0.6 is 0 Å². The zero-order valence-corrected chi connectivity index (χ0v) is 14.7. The standard InChI is InChI=1S/C19H23N5O2/c25-17(6-2-7-20-19-21-8-3-9-22-19)23-11-14-10-15(13-23)16-4-1-5-18(26)24(16)12-14/h1,3-5,8-9,14-15H,2,6-7,10-13H2,(H,20,21,22)/t14-,15+/m1/s1. The number of fused-ring (bicyclic) bond motifs is 4. The second kappa shape index (κ2) is 7.27. The third kappa shape index (κ3) is 3.47. The van der Waals surface area contributed by atoms with Crippen LogP contribution in [-0.4, -0.2) is 45.0 Å². The normalized spacial score (nSPS) is 21.2. The number of carbonyl (C=O) groups excluding carboxylic acids is 1. The van der Waals surface area contributed by atoms with Crippen LogP contribution in [0.2, 0.25) is 0 Å². The molecule has 1 saturated heterocycles. The van der Waals surface area contributed by atoms with Crippen molar-refractivity contribution in [2.75, 3.05) is 25.0 Å². The molecule has 0 aromatic carbocycles. The van der Waals surface area contributed by atoms with Gasteiger partial charge in [-0.3, -0.25) is 9.59 Å². The van der Waals surface area contributed by atoms with Gasteiger partial charge in [0.05, 0.1) is 0 Å². The highest BCUT2D eigenvalue weighted by atomic mass is 16.2. The molecule has 7 heteroatoms. The monoisotopic (exact) mass is 353 g/mol. The van der Waals surface area contributed by atoms with Gasteiger partial charge in [0, 0.05) is 62.7 Å². The van der Waals surface area contributed by atoms with Crippen LogP contribution < -0.4 is 10.9 Å². The summed E-state index contributed by atoms with van der Waals surface area (Å²) in [5.74, 6) is 1.44. The molecular weight excluding hydrogens is 330 g/mol. The Bertz CT molecular complexity index is 835. The van der Waals surface area contributed by atoms with Crippen molar-refractivity contribution >= 4 is 11.9 Å². The molecule has 1 amide bonds. The summed E-state index contributed by atoms with van der Waals surface area (Å²) in [7, 11) is 0. The molecule has 4 rings (SSSR count). The smallest absolute Gasteiger partial charge is 0.250 e. The Kier molecular flexibility index (Phi) is 4.69. The lowest BCUT2D eigenvalue weighted by atomic mass is 9.83. The van der Waals surface area contributed by atoms with Gasteiger partial charge < -0.3 is 14.8 Å². The Balaban J connectivity index is 1.32. The van der Waals surface area contributed by atoms with Crippen molar-refractivity contribution in [1.29, 1.82) is 0 Å². The molecule has 0 unspecified atom stereocenters. The number of hydrogen-bond acceptors (Lipinski definition) is 5. The molecule has 2 aliphatic heterocycles. The van der Waals surface area contributed by atoms with E-state index in [4.69, 9.17) is 0 Å². The number of nitrogens with one attached hydrogen (secondary N) is 1. The van der Waals surface area contributed by atoms with Gasteiger partial charge in [0.25, 0.3) is 5.56 Å². The molecule has 0 spiro atoms. The number of carbonyl (C=O) groups is 1. The second-order valence-electron chi connectivity index (χ2n) is 7.10. The van der Waals surface area contributed by atoms with Crippen LogP contribution in [0.15, 0.2) is 41.5 Å². The Morgan fingerprint density at radius 2 is 2.00 bits per heavy atom. The van der Waals surface area contributed by atoms with Crippen LogP contribution in [0.5, 0.6) is 0 Å². The largest absolute Gasteiger partial charge is 0.354 e. The highest BCUT2D eigenvalue weighted by Gasteiger charge is 2.35. The number of piperidine rings is 1. The summed E-state index contributed by atoms with van der Waals surface area (Å²) in [5, 5.41) is 3.13. The molecule has 2 atom stereocenters. The minimum Gasteiger partial charge on any atom is -0.354 e. The van der Waals surface area contributed by atoms with E-state index in [1.807, 2.05) is 21.6 Å². The van der Waals surface area contributed by atoms with Crippen molar-refractivity contribution in [2.24, 2.45) is 5.92 Å². The van der Waals surface area contributed by atoms with E-state index in [9.17, 15) is 9.59 Å². The van der Waals surface area contributed by atoms with Crippen LogP contribution in [0.25, 0.3) is 0 Å². The number of aromatic nitrogens is 3. The van der Waals surface area contributed by atoms with Gasteiger partial charge >= 0.3 is 0 Å². The predicted molar refractivity (Wildman–Crippen MR) is 97.9 cm³/mol. The van der Waals surface area contributed by atoms with Gasteiger partial charge in [-0.1, -0.05) is 6.07 Å². The third-order valence-electron chi connectivity index (χ3n) is 5.25. The van der Waals surface area contributed by atoms with E-state index in [0.29, 0.717) is 31.4 Å². The summed E-state index contributed by atoms with van der Waals surface area (Å²) >= 11 is 0. The topological polar surface area (TPSA) is 80.1 Å². The summed E-state index contributed by atoms with van der Waals surface area (Å²) in [4.78, 5) is 34.9. The average Bonchev–Trinajstić information content (AvgIpc) is 2.67. The molecule has 2 aromatic rings. The first kappa shape index (κ1) is 16.8. The van der Waals surface area contributed by atoms with Crippen LogP contribution in [-0.2, 0) is 11.3 Å². The molecular formula is C19H23N5O2. The summed E-state index contributed by atoms with van der Waals surface area (Å²) in [5.41, 5.74) is 1.15. The number of pyridine rings is 1. The van der Waals surface area contributed by atoms with Gasteiger partial charge in [0.1, 0.15) is 0 Å². The summed E-state index contributed by atoms with van der Waals surface area (Å²) in [6.45, 7) is 2.87. The molecule has 0 saturated carbocycles. The van der Waals surface area contributed by atoms with Crippen molar-refractivity contribution in [1.82, 2.24) is 19.4 Å². The molecule has 26 heavy (non-hydrogen) atoms. The second-order valence-corrected chi connectivity index (χ2v) is 7.10. The first-order chi connectivity index (χ1) is 12.7. The van der Waals surface area contributed by atoms with Crippen LogP contribution in [0.4, 0.5) is 5.95 Å². The van der Waals surface area contributed by atoms with E-state index in [0.717, 1.165) is 31.6 Å². The van der Waals surface area contributed by atoms with Crippen molar-refractivity contribution in [3.63, 3.8) is 0 Å². The van der Waals surface area contributed by atoms with Gasteiger partial charge in [-0.15, -0.1) is 0 Å². The van der Waals surface area contributed by atoms with Gasteiger partial charge in [0.2, 0.25) is 11.9 Å². The molecule has 2 aromatic heterocycles. The quantitative estimate of drug-likeness (QED) is 0.824. The zero-order chi connectivity index (χ0) is 17.9. The highest BCUT2D eigenvalue weighted by Crippen LogP contribution is 2.35. The number of anilines is 1. The Hall–Kier alpha value is -2.70. The van der Waals surface area contributed by atoms with E-state index in [-0.39, 0.29) is 17.4 Å². The predicted octanol–water partition coefficient (Wildman–Crippen LogP) is 1.48. The molecule has 136 valence electrons. The first-order valence-corrected chi connectivity index (χ1v) is 9.19. The highest BCUT2D eigenvalue weighted by molar-refractivity contribution is 5.76. The van der Waals surface area contributed by atoms with Crippen LogP contribution in [0.3, 0.4) is 0 Å². The zero-order valence-electron chi connectivity index (χ0n) is 14.7. The Morgan fingerprint density at radius 3 is 2.85 bits per heavy atom. The van der Waals surface area contributed by atoms with Gasteiger partial charge in [0.15, 0.2) is 0 Å². The first-order valence-electron chi connectivity index (χ1n) is 9.19. The van der Waals surface area contributed by atoms with Crippen LogP contribution in [0.1, 0.15) is 30.9 Å². The molecule has 1 N–H and O–H groups in total. The number of hydrogen-bond donors (Lipinski definition) is 1. The van der Waals surface area contributed by atoms with E-state index < -0.39 is 0 Å². The molecule has 2 bridgehead atoms. The number of amides is 1. The Labute approximate surface area is 152 Å².